The number of methoxy groups -OCH3 is 3. The Hall–Kier alpha value is -1.59. The van der Waals surface area contributed by atoms with Crippen LogP contribution in [0.25, 0.3) is 0 Å². The van der Waals surface area contributed by atoms with Crippen molar-refractivity contribution in [1.29, 1.82) is 0 Å². The van der Waals surface area contributed by atoms with Gasteiger partial charge in [-0.05, 0) is 6.92 Å². The standard InChI is InChI=1S/C24H43IN4O9/c1-20-19-28(14-13-26(9-5-21(30)34-2)12-8-24(33)37-38-25)16-18-29(20)17-15-27(10-6-22(31)35-3)11-7-23(32)36-4/h20H,5-19H2,1-4H3/t20-/m0/s1. The van der Waals surface area contributed by atoms with Gasteiger partial charge in [-0.1, -0.05) is 0 Å². The van der Waals surface area contributed by atoms with Crippen molar-refractivity contribution in [2.24, 2.45) is 0 Å². The third-order valence-electron chi connectivity index (χ3n) is 6.62. The third-order valence-corrected chi connectivity index (χ3v) is 6.80. The molecule has 0 saturated carbocycles. The van der Waals surface area contributed by atoms with Crippen molar-refractivity contribution in [1.82, 2.24) is 19.6 Å². The van der Waals surface area contributed by atoms with Gasteiger partial charge in [0.2, 0.25) is 0 Å². The molecule has 1 saturated heterocycles. The summed E-state index contributed by atoms with van der Waals surface area (Å²) in [5.74, 6) is -1.30. The van der Waals surface area contributed by atoms with E-state index in [0.717, 1.165) is 39.3 Å². The van der Waals surface area contributed by atoms with Crippen LogP contribution in [0.4, 0.5) is 0 Å². The van der Waals surface area contributed by atoms with Crippen LogP contribution in [0.2, 0.25) is 0 Å². The van der Waals surface area contributed by atoms with E-state index in [1.807, 2.05) is 0 Å². The minimum Gasteiger partial charge on any atom is -0.469 e. The van der Waals surface area contributed by atoms with Crippen LogP contribution >= 0.6 is 23.0 Å². The number of piperazine rings is 1. The van der Waals surface area contributed by atoms with Crippen molar-refractivity contribution < 1.29 is 41.5 Å². The van der Waals surface area contributed by atoms with Crippen LogP contribution < -0.4 is 0 Å². The zero-order valence-electron chi connectivity index (χ0n) is 23.0. The molecule has 220 valence electrons. The molecule has 0 N–H and O–H groups in total. The Morgan fingerprint density at radius 3 is 1.58 bits per heavy atom. The second kappa shape index (κ2) is 20.3. The van der Waals surface area contributed by atoms with Crippen LogP contribution in [0.3, 0.4) is 0 Å². The van der Waals surface area contributed by atoms with Gasteiger partial charge >= 0.3 is 23.9 Å². The summed E-state index contributed by atoms with van der Waals surface area (Å²) in [6.07, 6.45) is 0.963. The van der Waals surface area contributed by atoms with Crippen LogP contribution in [0.5, 0.6) is 0 Å². The second-order valence-electron chi connectivity index (χ2n) is 9.12. The molecular weight excluding hydrogens is 615 g/mol. The number of rotatable bonds is 19. The van der Waals surface area contributed by atoms with E-state index in [4.69, 9.17) is 14.2 Å². The first-order chi connectivity index (χ1) is 18.2. The molecule has 1 rings (SSSR count). The molecule has 1 aliphatic rings. The third kappa shape index (κ3) is 15.1. The van der Waals surface area contributed by atoms with Crippen LogP contribution in [0.1, 0.15) is 32.6 Å². The van der Waals surface area contributed by atoms with Gasteiger partial charge in [-0.3, -0.25) is 29.1 Å². The molecule has 0 bridgehead atoms. The Labute approximate surface area is 239 Å². The maximum Gasteiger partial charge on any atom is 0.344 e. The van der Waals surface area contributed by atoms with E-state index in [0.29, 0.717) is 38.8 Å². The van der Waals surface area contributed by atoms with Crippen molar-refractivity contribution in [3.63, 3.8) is 0 Å². The summed E-state index contributed by atoms with van der Waals surface area (Å²) in [5.41, 5.74) is 0. The monoisotopic (exact) mass is 658 g/mol. The first-order valence-corrected chi connectivity index (χ1v) is 13.7. The van der Waals surface area contributed by atoms with Gasteiger partial charge in [-0.2, -0.15) is 0 Å². The molecule has 0 radical (unpaired) electrons. The minimum absolute atomic E-state index is 0.164. The smallest absolute Gasteiger partial charge is 0.344 e. The van der Waals surface area contributed by atoms with E-state index in [1.165, 1.54) is 44.3 Å². The number of halogens is 1. The number of hydrogen-bond acceptors (Lipinski definition) is 13. The molecule has 0 unspecified atom stereocenters. The lowest BCUT2D eigenvalue weighted by Crippen LogP contribution is -2.54. The van der Waals surface area contributed by atoms with E-state index in [9.17, 15) is 19.2 Å². The summed E-state index contributed by atoms with van der Waals surface area (Å²) in [4.78, 5) is 60.0. The number of esters is 3. The highest BCUT2D eigenvalue weighted by atomic mass is 127. The van der Waals surface area contributed by atoms with Crippen LogP contribution in [-0.2, 0) is 41.5 Å². The minimum atomic E-state index is -0.461. The van der Waals surface area contributed by atoms with Crippen molar-refractivity contribution in [2.75, 3.05) is 93.3 Å². The average molecular weight is 659 g/mol. The summed E-state index contributed by atoms with van der Waals surface area (Å²) < 4.78 is 18.6. The number of ether oxygens (including phenoxy) is 3. The highest BCUT2D eigenvalue weighted by molar-refractivity contribution is 14.1. The van der Waals surface area contributed by atoms with Gasteiger partial charge in [0.05, 0.1) is 47.0 Å². The van der Waals surface area contributed by atoms with E-state index in [1.54, 1.807) is 0 Å². The SMILES string of the molecule is COC(=O)CCN(CCC(=O)OOI)CCN1CCN(CCN(CCC(=O)OC)CCC(=O)OC)[C@@H](C)C1. The van der Waals surface area contributed by atoms with Crippen molar-refractivity contribution in [3.8, 4) is 0 Å². The van der Waals surface area contributed by atoms with Crippen molar-refractivity contribution >= 4 is 46.9 Å². The van der Waals surface area contributed by atoms with Gasteiger partial charge < -0.3 is 24.0 Å². The maximum absolute atomic E-state index is 11.7. The zero-order chi connectivity index (χ0) is 28.3. The van der Waals surface area contributed by atoms with Crippen molar-refractivity contribution in [3.05, 3.63) is 0 Å². The fourth-order valence-corrected chi connectivity index (χ4v) is 4.41. The van der Waals surface area contributed by atoms with Crippen LogP contribution in [0, 0.1) is 0 Å². The number of hydrogen-bond donors (Lipinski definition) is 0. The summed E-state index contributed by atoms with van der Waals surface area (Å²) in [5, 5.41) is 0. The highest BCUT2D eigenvalue weighted by Gasteiger charge is 2.25. The summed E-state index contributed by atoms with van der Waals surface area (Å²) >= 11 is 1.50. The van der Waals surface area contributed by atoms with E-state index in [-0.39, 0.29) is 43.6 Å². The quantitative estimate of drug-likeness (QED) is 0.0629. The molecular formula is C24H43IN4O9. The first-order valence-electron chi connectivity index (χ1n) is 12.8. The lowest BCUT2D eigenvalue weighted by atomic mass is 10.2. The van der Waals surface area contributed by atoms with Gasteiger partial charge in [0.25, 0.3) is 0 Å². The second-order valence-corrected chi connectivity index (χ2v) is 9.48. The lowest BCUT2D eigenvalue weighted by molar-refractivity contribution is -0.195. The van der Waals surface area contributed by atoms with Gasteiger partial charge in [-0.25, -0.2) is 4.79 Å². The number of nitrogens with zero attached hydrogens (tertiary/aromatic N) is 4. The predicted octanol–water partition coefficient (Wildman–Crippen LogP) is 0.501. The summed E-state index contributed by atoms with van der Waals surface area (Å²) in [6, 6.07) is 0.325. The fourth-order valence-electron chi connectivity index (χ4n) is 4.21. The largest absolute Gasteiger partial charge is 0.469 e. The molecule has 14 heteroatoms. The molecule has 1 aliphatic heterocycles. The summed E-state index contributed by atoms with van der Waals surface area (Å²) in [7, 11) is 4.10. The lowest BCUT2D eigenvalue weighted by Gasteiger charge is -2.41. The molecule has 1 atom stereocenters. The molecule has 0 aromatic rings. The van der Waals surface area contributed by atoms with Crippen LogP contribution in [-0.4, -0.2) is 143 Å². The van der Waals surface area contributed by atoms with Crippen LogP contribution in [0.15, 0.2) is 0 Å². The molecule has 0 amide bonds. The molecule has 13 nitrogen and oxygen atoms in total. The Morgan fingerprint density at radius 2 is 1.16 bits per heavy atom. The van der Waals surface area contributed by atoms with E-state index < -0.39 is 5.97 Å². The first kappa shape index (κ1) is 34.4. The zero-order valence-corrected chi connectivity index (χ0v) is 25.2. The topological polar surface area (TPSA) is 127 Å². The molecule has 1 fully saturated rings. The van der Waals surface area contributed by atoms with Gasteiger partial charge in [0.1, 0.15) is 0 Å². The number of carbonyl (C=O) groups is 4. The highest BCUT2D eigenvalue weighted by Crippen LogP contribution is 2.11. The van der Waals surface area contributed by atoms with E-state index >= 15 is 0 Å². The Morgan fingerprint density at radius 1 is 0.711 bits per heavy atom. The molecule has 0 aromatic heterocycles. The normalized spacial score (nSPS) is 16.4. The summed E-state index contributed by atoms with van der Waals surface area (Å²) in [6.45, 7) is 9.93. The Balaban J connectivity index is 2.54. The molecule has 0 aromatic carbocycles. The Bertz CT molecular complexity index is 711. The molecule has 0 aliphatic carbocycles. The van der Waals surface area contributed by atoms with E-state index in [2.05, 4.69) is 34.6 Å². The Kier molecular flexibility index (Phi) is 18.4. The van der Waals surface area contributed by atoms with Crippen molar-refractivity contribution in [2.45, 2.75) is 38.6 Å². The number of carbonyl (C=O) groups excluding carboxylic acids is 4. The van der Waals surface area contributed by atoms with Gasteiger partial charge in [0, 0.05) is 78.0 Å². The fraction of sp³-hybridized carbons (Fsp3) is 0.833. The molecule has 0 spiro atoms. The average Bonchev–Trinajstić information content (AvgIpc) is 2.92. The predicted molar refractivity (Wildman–Crippen MR) is 146 cm³/mol. The molecule has 1 heterocycles. The maximum atomic E-state index is 11.7. The van der Waals surface area contributed by atoms with Gasteiger partial charge in [-0.15, -0.1) is 3.22 Å². The molecule has 38 heavy (non-hydrogen) atoms. The van der Waals surface area contributed by atoms with Gasteiger partial charge in [0.15, 0.2) is 23.0 Å².